The van der Waals surface area contributed by atoms with Crippen LogP contribution in [0.2, 0.25) is 0 Å². The van der Waals surface area contributed by atoms with Gasteiger partial charge in [0.15, 0.2) is 5.65 Å². The SMILES string of the molecule is CC(=O)Nc1cc(Nc2cc(NC3CC3)n3ncc(C#N)c3n2)ccc1[C@@H]1C[C@H]1CN. The van der Waals surface area contributed by atoms with E-state index in [2.05, 4.69) is 32.1 Å². The monoisotopic (exact) mass is 416 g/mol. The number of nitrogens with two attached hydrogens (primary N) is 1. The van der Waals surface area contributed by atoms with Gasteiger partial charge in [0.2, 0.25) is 5.91 Å². The van der Waals surface area contributed by atoms with Crippen molar-refractivity contribution in [1.29, 1.82) is 5.26 Å². The Labute approximate surface area is 179 Å². The molecular formula is C22H24N8O. The van der Waals surface area contributed by atoms with Crippen LogP contribution in [0.25, 0.3) is 5.65 Å². The standard InChI is InChI=1S/C22H24N8O/c1-12(31)26-19-7-16(4-5-17(19)18-6-13(18)9-23)27-20-8-21(28-15-2-3-15)30-22(29-20)14(10-24)11-25-30/h4-5,7-8,11,13,15,18,28H,2-3,6,9,23H2,1H3,(H,26,31)(H,27,29)/t13-,18+/m0/s1. The zero-order chi connectivity index (χ0) is 21.5. The maximum Gasteiger partial charge on any atom is 0.221 e. The minimum absolute atomic E-state index is 0.114. The lowest BCUT2D eigenvalue weighted by Crippen LogP contribution is -2.10. The summed E-state index contributed by atoms with van der Waals surface area (Å²) in [6, 6.07) is 10.4. The van der Waals surface area contributed by atoms with Gasteiger partial charge in [-0.05, 0) is 55.3 Å². The second-order valence-corrected chi connectivity index (χ2v) is 8.30. The second kappa shape index (κ2) is 7.56. The molecule has 0 spiro atoms. The molecule has 0 aliphatic heterocycles. The van der Waals surface area contributed by atoms with Crippen LogP contribution in [-0.2, 0) is 4.79 Å². The van der Waals surface area contributed by atoms with E-state index in [1.807, 2.05) is 24.3 Å². The van der Waals surface area contributed by atoms with Crippen LogP contribution >= 0.6 is 0 Å². The molecule has 9 heteroatoms. The molecule has 2 aliphatic carbocycles. The minimum atomic E-state index is -0.114. The average molecular weight is 416 g/mol. The number of carbonyl (C=O) groups is 1. The van der Waals surface area contributed by atoms with Crippen molar-refractivity contribution in [3.8, 4) is 6.07 Å². The predicted octanol–water partition coefficient (Wildman–Crippen LogP) is 2.94. The highest BCUT2D eigenvalue weighted by molar-refractivity contribution is 5.90. The largest absolute Gasteiger partial charge is 0.367 e. The van der Waals surface area contributed by atoms with Crippen LogP contribution in [-0.4, -0.2) is 33.1 Å². The summed E-state index contributed by atoms with van der Waals surface area (Å²) in [6.07, 6.45) is 4.80. The van der Waals surface area contributed by atoms with Gasteiger partial charge in [0, 0.05) is 30.4 Å². The molecule has 9 nitrogen and oxygen atoms in total. The molecule has 1 aromatic carbocycles. The lowest BCUT2D eigenvalue weighted by molar-refractivity contribution is -0.114. The third kappa shape index (κ3) is 3.90. The summed E-state index contributed by atoms with van der Waals surface area (Å²) in [7, 11) is 0. The Balaban J connectivity index is 1.48. The molecule has 0 unspecified atom stereocenters. The highest BCUT2D eigenvalue weighted by Gasteiger charge is 2.38. The fourth-order valence-electron chi connectivity index (χ4n) is 3.94. The van der Waals surface area contributed by atoms with E-state index in [1.54, 1.807) is 4.52 Å². The molecule has 5 rings (SSSR count). The maximum atomic E-state index is 11.8. The summed E-state index contributed by atoms with van der Waals surface area (Å²) in [6.45, 7) is 2.16. The van der Waals surface area contributed by atoms with Crippen LogP contribution in [0.15, 0.2) is 30.5 Å². The van der Waals surface area contributed by atoms with Crippen molar-refractivity contribution in [3.63, 3.8) is 0 Å². The number of carbonyl (C=O) groups excluding carboxylic acids is 1. The van der Waals surface area contributed by atoms with Gasteiger partial charge in [0.1, 0.15) is 23.3 Å². The number of nitriles is 1. The Morgan fingerprint density at radius 2 is 2.19 bits per heavy atom. The normalized spacial score (nSPS) is 19.6. The van der Waals surface area contributed by atoms with Gasteiger partial charge < -0.3 is 21.7 Å². The van der Waals surface area contributed by atoms with Crippen LogP contribution in [0, 0.1) is 17.2 Å². The fourth-order valence-corrected chi connectivity index (χ4v) is 3.94. The third-order valence-corrected chi connectivity index (χ3v) is 5.78. The average Bonchev–Trinajstić information content (AvgIpc) is 3.66. The van der Waals surface area contributed by atoms with Crippen LogP contribution in [0.3, 0.4) is 0 Å². The number of hydrogen-bond acceptors (Lipinski definition) is 7. The summed E-state index contributed by atoms with van der Waals surface area (Å²) >= 11 is 0. The summed E-state index contributed by atoms with van der Waals surface area (Å²) in [5.41, 5.74) is 9.42. The van der Waals surface area contributed by atoms with Crippen molar-refractivity contribution in [2.75, 3.05) is 22.5 Å². The Kier molecular flexibility index (Phi) is 4.71. The lowest BCUT2D eigenvalue weighted by Gasteiger charge is -2.15. The van der Waals surface area contributed by atoms with Crippen molar-refractivity contribution in [3.05, 3.63) is 41.6 Å². The van der Waals surface area contributed by atoms with E-state index < -0.39 is 0 Å². The smallest absolute Gasteiger partial charge is 0.221 e. The first-order valence-electron chi connectivity index (χ1n) is 10.5. The third-order valence-electron chi connectivity index (χ3n) is 5.78. The zero-order valence-corrected chi connectivity index (χ0v) is 17.2. The molecule has 2 fully saturated rings. The molecule has 2 aliphatic rings. The summed E-state index contributed by atoms with van der Waals surface area (Å²) in [5, 5.41) is 23.4. The molecule has 158 valence electrons. The molecule has 2 heterocycles. The molecule has 31 heavy (non-hydrogen) atoms. The highest BCUT2D eigenvalue weighted by atomic mass is 16.1. The molecule has 3 aromatic rings. The first kappa shape index (κ1) is 19.3. The van der Waals surface area contributed by atoms with Crippen molar-refractivity contribution in [1.82, 2.24) is 14.6 Å². The number of nitrogens with one attached hydrogen (secondary N) is 3. The Morgan fingerprint density at radius 3 is 2.87 bits per heavy atom. The topological polar surface area (TPSA) is 133 Å². The van der Waals surface area contributed by atoms with Crippen LogP contribution in [0.4, 0.5) is 23.0 Å². The number of rotatable bonds is 7. The van der Waals surface area contributed by atoms with Gasteiger partial charge in [0.05, 0.1) is 6.20 Å². The lowest BCUT2D eigenvalue weighted by atomic mass is 10.1. The molecule has 5 N–H and O–H groups in total. The summed E-state index contributed by atoms with van der Waals surface area (Å²) in [5.74, 6) is 2.13. The minimum Gasteiger partial charge on any atom is -0.367 e. The number of anilines is 4. The molecule has 0 radical (unpaired) electrons. The van der Waals surface area contributed by atoms with E-state index in [9.17, 15) is 10.1 Å². The van der Waals surface area contributed by atoms with Crippen LogP contribution in [0.5, 0.6) is 0 Å². The van der Waals surface area contributed by atoms with Crippen LogP contribution < -0.4 is 21.7 Å². The highest BCUT2D eigenvalue weighted by Crippen LogP contribution is 2.49. The maximum absolute atomic E-state index is 11.8. The van der Waals surface area contributed by atoms with E-state index in [4.69, 9.17) is 5.73 Å². The van der Waals surface area contributed by atoms with Gasteiger partial charge in [-0.25, -0.2) is 4.98 Å². The van der Waals surface area contributed by atoms with Crippen molar-refractivity contribution < 1.29 is 4.79 Å². The molecule has 2 atom stereocenters. The van der Waals surface area contributed by atoms with Gasteiger partial charge in [-0.15, -0.1) is 0 Å². The van der Waals surface area contributed by atoms with Gasteiger partial charge in [-0.1, -0.05) is 6.07 Å². The van der Waals surface area contributed by atoms with Gasteiger partial charge in [-0.2, -0.15) is 14.9 Å². The zero-order valence-electron chi connectivity index (χ0n) is 17.2. The number of amides is 1. The number of nitrogens with zero attached hydrogens (tertiary/aromatic N) is 4. The molecule has 2 aromatic heterocycles. The quantitative estimate of drug-likeness (QED) is 0.465. The van der Waals surface area contributed by atoms with Gasteiger partial charge in [0.25, 0.3) is 0 Å². The molecule has 2 saturated carbocycles. The number of hydrogen-bond donors (Lipinski definition) is 4. The van der Waals surface area contributed by atoms with Gasteiger partial charge >= 0.3 is 0 Å². The van der Waals surface area contributed by atoms with E-state index >= 15 is 0 Å². The summed E-state index contributed by atoms with van der Waals surface area (Å²) in [4.78, 5) is 16.4. The second-order valence-electron chi connectivity index (χ2n) is 8.30. The van der Waals surface area contributed by atoms with Crippen molar-refractivity contribution in [2.45, 2.75) is 38.1 Å². The van der Waals surface area contributed by atoms with E-state index in [0.29, 0.717) is 41.5 Å². The Hall–Kier alpha value is -3.64. The number of fused-ring (bicyclic) bond motifs is 1. The fraction of sp³-hybridized carbons (Fsp3) is 0.364. The van der Waals surface area contributed by atoms with E-state index in [0.717, 1.165) is 42.0 Å². The number of aromatic nitrogens is 3. The molecule has 0 bridgehead atoms. The van der Waals surface area contributed by atoms with Crippen molar-refractivity contribution in [2.24, 2.45) is 11.7 Å². The Bertz CT molecular complexity index is 1210. The first-order chi connectivity index (χ1) is 15.1. The van der Waals surface area contributed by atoms with E-state index in [1.165, 1.54) is 13.1 Å². The van der Waals surface area contributed by atoms with E-state index in [-0.39, 0.29) is 5.91 Å². The van der Waals surface area contributed by atoms with Gasteiger partial charge in [-0.3, -0.25) is 4.79 Å². The number of benzene rings is 1. The molecular weight excluding hydrogens is 392 g/mol. The first-order valence-corrected chi connectivity index (χ1v) is 10.5. The summed E-state index contributed by atoms with van der Waals surface area (Å²) < 4.78 is 1.66. The van der Waals surface area contributed by atoms with Crippen LogP contribution in [0.1, 0.15) is 43.2 Å². The Morgan fingerprint density at radius 1 is 1.35 bits per heavy atom. The molecule has 1 amide bonds. The van der Waals surface area contributed by atoms with Crippen molar-refractivity contribution >= 4 is 34.6 Å². The predicted molar refractivity (Wildman–Crippen MR) is 118 cm³/mol. The molecule has 0 saturated heterocycles.